The van der Waals surface area contributed by atoms with Crippen LogP contribution in [0.15, 0.2) is 273 Å². The fraction of sp³-hybridized carbons (Fsp3) is 0.0137. The molecule has 0 heterocycles. The van der Waals surface area contributed by atoms with Crippen LogP contribution in [-0.4, -0.2) is 17.2 Å². The van der Waals surface area contributed by atoms with E-state index in [-0.39, 0.29) is 0 Å². The summed E-state index contributed by atoms with van der Waals surface area (Å²) in [5, 5.41) is 31.2. The summed E-state index contributed by atoms with van der Waals surface area (Å²) in [4.78, 5) is 0. The molecule has 14 rings (SSSR count). The van der Waals surface area contributed by atoms with Crippen molar-refractivity contribution in [3.8, 4) is 55.6 Å². The van der Waals surface area contributed by atoms with Gasteiger partial charge in [-0.3, -0.25) is 0 Å². The predicted octanol–water partition coefficient (Wildman–Crippen LogP) is 18.0. The van der Waals surface area contributed by atoms with Crippen LogP contribution in [0, 0.1) is 13.0 Å². The van der Waals surface area contributed by atoms with Crippen molar-refractivity contribution < 1.29 is 10.0 Å². The number of aryl methyl sites for hydroxylation is 1. The Bertz CT molecular complexity index is 4290. The Morgan fingerprint density at radius 1 is 0.276 bits per heavy atom. The number of allylic oxidation sites excluding steroid dienone is 2. The Morgan fingerprint density at radius 2 is 0.632 bits per heavy atom. The van der Waals surface area contributed by atoms with E-state index in [0.29, 0.717) is 5.46 Å². The first-order valence-electron chi connectivity index (χ1n) is 25.9. The van der Waals surface area contributed by atoms with E-state index in [2.05, 4.69) is 237 Å². The molecule has 0 fully saturated rings. The van der Waals surface area contributed by atoms with Gasteiger partial charge in [0, 0.05) is 22.2 Å². The average molecular weight is 972 g/mol. The van der Waals surface area contributed by atoms with Gasteiger partial charge in [0.2, 0.25) is 0 Å². The zero-order valence-electron chi connectivity index (χ0n) is 42.1. The molecule has 0 aromatic heterocycles. The lowest BCUT2D eigenvalue weighted by molar-refractivity contribution is 0.426. The van der Waals surface area contributed by atoms with Gasteiger partial charge in [0.25, 0.3) is 0 Å². The van der Waals surface area contributed by atoms with Gasteiger partial charge in [-0.25, -0.2) is 0 Å². The molecule has 0 saturated carbocycles. The highest BCUT2D eigenvalue weighted by atomic mass is 16.4. The second kappa shape index (κ2) is 21.2. The standard InChI is InChI=1S/C36H24.C25H17.C12H11BO2/c1-2-10-25(11-3-1)26-12-8-13-27(22-26)28-14-9-15-29(23-28)30-20-21-35-33-18-5-4-16-31(33)32-17-6-7-19-34(32)36(35)24-30;1-17-7-6-8-18(15-17)19-13-14-24-22-11-3-2-9-20(22)21-10-4-5-12-23(21)25(24)16-19;14-13(15)12-8-4-7-11(9-12)10-5-2-1-3-6-10/h1-24H;3-16H,1H3;1-9,14-15H/q;+1;. The fourth-order valence-corrected chi connectivity index (χ4v) is 10.8. The van der Waals surface area contributed by atoms with Crippen LogP contribution in [0.5, 0.6) is 0 Å². The number of hydrogen-bond donors (Lipinski definition) is 2. The van der Waals surface area contributed by atoms with E-state index in [0.717, 1.165) is 11.1 Å². The van der Waals surface area contributed by atoms with Crippen molar-refractivity contribution in [2.75, 3.05) is 0 Å². The molecule has 0 atom stereocenters. The molecule has 1 aliphatic rings. The lowest BCUT2D eigenvalue weighted by Crippen LogP contribution is -2.29. The maximum absolute atomic E-state index is 9.05. The van der Waals surface area contributed by atoms with Crippen LogP contribution < -0.4 is 5.46 Å². The van der Waals surface area contributed by atoms with Gasteiger partial charge >= 0.3 is 7.12 Å². The third kappa shape index (κ3) is 9.62. The van der Waals surface area contributed by atoms with Crippen LogP contribution in [0.25, 0.3) is 122 Å². The third-order valence-corrected chi connectivity index (χ3v) is 14.6. The van der Waals surface area contributed by atoms with Gasteiger partial charge in [-0.1, -0.05) is 242 Å². The van der Waals surface area contributed by atoms with Gasteiger partial charge in [-0.05, 0) is 136 Å². The molecule has 0 saturated heterocycles. The normalized spacial score (nSPS) is 11.4. The van der Waals surface area contributed by atoms with E-state index in [9.17, 15) is 0 Å². The largest absolute Gasteiger partial charge is 0.488 e. The summed E-state index contributed by atoms with van der Waals surface area (Å²) < 4.78 is 0. The third-order valence-electron chi connectivity index (χ3n) is 14.6. The minimum absolute atomic E-state index is 0.511. The highest BCUT2D eigenvalue weighted by molar-refractivity contribution is 6.58. The van der Waals surface area contributed by atoms with Crippen LogP contribution in [0.4, 0.5) is 0 Å². The highest BCUT2D eigenvalue weighted by Gasteiger charge is 2.20. The van der Waals surface area contributed by atoms with Crippen LogP contribution in [0.2, 0.25) is 0 Å². The summed E-state index contributed by atoms with van der Waals surface area (Å²) in [6.45, 7) is 2.14. The molecule has 1 aliphatic carbocycles. The summed E-state index contributed by atoms with van der Waals surface area (Å²) in [6.07, 6.45) is 9.52. The molecular formula is C73H52BO2+. The molecule has 13 aromatic rings. The second-order valence-corrected chi connectivity index (χ2v) is 19.4. The van der Waals surface area contributed by atoms with E-state index in [1.807, 2.05) is 48.5 Å². The zero-order chi connectivity index (χ0) is 51.4. The van der Waals surface area contributed by atoms with E-state index < -0.39 is 7.12 Å². The molecule has 358 valence electrons. The van der Waals surface area contributed by atoms with Gasteiger partial charge in [-0.2, -0.15) is 0 Å². The monoisotopic (exact) mass is 971 g/mol. The topological polar surface area (TPSA) is 40.5 Å². The molecule has 2 N–H and O–H groups in total. The molecule has 3 heteroatoms. The second-order valence-electron chi connectivity index (χ2n) is 19.4. The van der Waals surface area contributed by atoms with Crippen molar-refractivity contribution in [1.82, 2.24) is 0 Å². The quantitative estimate of drug-likeness (QED) is 0.0990. The summed E-state index contributed by atoms with van der Waals surface area (Å²) in [7, 11) is -1.41. The Kier molecular flexibility index (Phi) is 13.2. The summed E-state index contributed by atoms with van der Waals surface area (Å²) in [5.41, 5.74) is 16.4. The molecule has 0 spiro atoms. The smallest absolute Gasteiger partial charge is 0.423 e. The van der Waals surface area contributed by atoms with Gasteiger partial charge in [0.05, 0.1) is 6.08 Å². The summed E-state index contributed by atoms with van der Waals surface area (Å²) in [6, 6.07) is 94.0. The Hall–Kier alpha value is -9.47. The minimum Gasteiger partial charge on any atom is -0.423 e. The van der Waals surface area contributed by atoms with Crippen molar-refractivity contribution in [1.29, 1.82) is 0 Å². The van der Waals surface area contributed by atoms with Crippen molar-refractivity contribution in [2.24, 2.45) is 0 Å². The summed E-state index contributed by atoms with van der Waals surface area (Å²) in [5.74, 6) is 0. The minimum atomic E-state index is -1.41. The average Bonchev–Trinajstić information content (AvgIpc) is 3.55. The lowest BCUT2D eigenvalue weighted by atomic mass is 9.79. The van der Waals surface area contributed by atoms with Gasteiger partial charge in [0.1, 0.15) is 23.3 Å². The van der Waals surface area contributed by atoms with Crippen molar-refractivity contribution in [3.63, 3.8) is 0 Å². The molecule has 2 nitrogen and oxygen atoms in total. The Labute approximate surface area is 444 Å². The predicted molar refractivity (Wildman–Crippen MR) is 325 cm³/mol. The molecular weight excluding hydrogens is 920 g/mol. The number of hydrogen-bond acceptors (Lipinski definition) is 2. The van der Waals surface area contributed by atoms with E-state index in [1.165, 1.54) is 115 Å². The molecule has 0 aliphatic heterocycles. The molecule has 0 amide bonds. The van der Waals surface area contributed by atoms with Crippen LogP contribution >= 0.6 is 0 Å². The van der Waals surface area contributed by atoms with Gasteiger partial charge < -0.3 is 10.0 Å². The Morgan fingerprint density at radius 3 is 1.16 bits per heavy atom. The fourth-order valence-electron chi connectivity index (χ4n) is 10.8. The number of benzene rings is 13. The van der Waals surface area contributed by atoms with Crippen molar-refractivity contribution >= 4 is 78.6 Å². The van der Waals surface area contributed by atoms with Crippen molar-refractivity contribution in [3.05, 3.63) is 296 Å². The zero-order valence-corrected chi connectivity index (χ0v) is 42.1. The van der Waals surface area contributed by atoms with E-state index in [4.69, 9.17) is 10.0 Å². The molecule has 0 radical (unpaired) electrons. The summed E-state index contributed by atoms with van der Waals surface area (Å²) >= 11 is 0. The first kappa shape index (κ1) is 47.5. The van der Waals surface area contributed by atoms with Gasteiger partial charge in [0.15, 0.2) is 0 Å². The number of rotatable bonds is 6. The van der Waals surface area contributed by atoms with Crippen molar-refractivity contribution in [2.45, 2.75) is 6.92 Å². The molecule has 13 aromatic carbocycles. The van der Waals surface area contributed by atoms with Crippen LogP contribution in [0.3, 0.4) is 0 Å². The lowest BCUT2D eigenvalue weighted by Gasteiger charge is -2.13. The molecule has 0 bridgehead atoms. The first-order chi connectivity index (χ1) is 37.4. The van der Waals surface area contributed by atoms with Crippen LogP contribution in [0.1, 0.15) is 16.7 Å². The number of fused-ring (bicyclic) bond motifs is 12. The van der Waals surface area contributed by atoms with E-state index >= 15 is 0 Å². The maximum Gasteiger partial charge on any atom is 0.488 e. The molecule has 76 heavy (non-hydrogen) atoms. The van der Waals surface area contributed by atoms with E-state index in [1.54, 1.807) is 12.1 Å². The van der Waals surface area contributed by atoms with Crippen LogP contribution in [-0.2, 0) is 0 Å². The maximum atomic E-state index is 9.05. The molecule has 0 unspecified atom stereocenters. The SMILES string of the molecule is Cc1cccc(-c2ccc3c4c(c5ccccc5c3c2)C=[C+]C=C4)c1.OB(O)c1cccc(-c2ccccc2)c1.c1ccc(-c2cccc(-c3cccc(-c4ccc5c6ccccc6c6ccccc6c5c4)c3)c2)cc1. The van der Waals surface area contributed by atoms with Gasteiger partial charge in [-0.15, -0.1) is 0 Å². The first-order valence-corrected chi connectivity index (χ1v) is 25.9. The highest BCUT2D eigenvalue weighted by Crippen LogP contribution is 2.40. The Balaban J connectivity index is 0.000000126.